The molecule has 15 heteroatoms. The third-order valence-corrected chi connectivity index (χ3v) is 12.0. The zero-order valence-corrected chi connectivity index (χ0v) is 31.9. The smallest absolute Gasteiger partial charge is 0.250 e. The van der Waals surface area contributed by atoms with E-state index in [1.54, 1.807) is 33.8 Å². The maximum absolute atomic E-state index is 13.8. The highest BCUT2D eigenvalue weighted by Crippen LogP contribution is 2.39. The Morgan fingerprint density at radius 2 is 1.56 bits per heavy atom. The van der Waals surface area contributed by atoms with Crippen molar-refractivity contribution in [1.29, 1.82) is 0 Å². The lowest BCUT2D eigenvalue weighted by molar-refractivity contribution is -0.139. The first-order valence-electron chi connectivity index (χ1n) is 18.1. The molecule has 2 aliphatic rings. The Morgan fingerprint density at radius 3 is 2.22 bits per heavy atom. The first kappa shape index (κ1) is 37.0. The number of imidazole rings is 2. The second-order valence-electron chi connectivity index (χ2n) is 13.9. The molecule has 5 aromatic rings. The minimum Gasteiger partial charge on any atom is -0.387 e. The lowest BCUT2D eigenvalue weighted by atomic mass is 10.0. The highest BCUT2D eigenvalue weighted by atomic mass is 32.1. The summed E-state index contributed by atoms with van der Waals surface area (Å²) in [5.74, 6) is 6.51. The van der Waals surface area contributed by atoms with Gasteiger partial charge in [-0.2, -0.15) is 0 Å². The fourth-order valence-electron chi connectivity index (χ4n) is 7.20. The largest absolute Gasteiger partial charge is 0.387 e. The molecule has 1 aromatic carbocycles. The van der Waals surface area contributed by atoms with Crippen molar-refractivity contribution >= 4 is 55.7 Å². The second-order valence-corrected chi connectivity index (χ2v) is 16.1. The molecule has 280 valence electrons. The normalized spacial score (nSPS) is 18.1. The molecule has 5 N–H and O–H groups in total. The molecule has 0 aliphatic carbocycles. The lowest BCUT2D eigenvalue weighted by Crippen LogP contribution is -2.51. The molecular formula is C39H42N8O5S2. The van der Waals surface area contributed by atoms with Gasteiger partial charge in [-0.15, -0.1) is 22.7 Å². The highest BCUT2D eigenvalue weighted by molar-refractivity contribution is 7.29. The number of carbonyl (C=O) groups excluding carboxylic acids is 4. The number of thiophene rings is 2. The van der Waals surface area contributed by atoms with Gasteiger partial charge in [0.2, 0.25) is 23.6 Å². The maximum atomic E-state index is 13.8. The van der Waals surface area contributed by atoms with Gasteiger partial charge in [0.15, 0.2) is 0 Å². The van der Waals surface area contributed by atoms with Gasteiger partial charge in [0.05, 0.1) is 39.9 Å². The Hall–Kier alpha value is -5.30. The molecule has 4 aromatic heterocycles. The predicted octanol–water partition coefficient (Wildman–Crippen LogP) is 4.81. The van der Waals surface area contributed by atoms with Gasteiger partial charge in [-0.1, -0.05) is 44.2 Å². The summed E-state index contributed by atoms with van der Waals surface area (Å²) in [5.41, 5.74) is 2.27. The molecular weight excluding hydrogens is 725 g/mol. The van der Waals surface area contributed by atoms with Crippen LogP contribution in [-0.2, 0) is 19.2 Å². The number of amides is 4. The molecule has 0 bridgehead atoms. The average Bonchev–Trinajstić information content (AvgIpc) is 4.00. The van der Waals surface area contributed by atoms with E-state index in [1.165, 1.54) is 6.92 Å². The second kappa shape index (κ2) is 16.0. The summed E-state index contributed by atoms with van der Waals surface area (Å²) in [6.45, 7) is 5.63. The molecule has 4 atom stereocenters. The van der Waals surface area contributed by atoms with Gasteiger partial charge in [-0.05, 0) is 61.1 Å². The third-order valence-electron chi connectivity index (χ3n) is 9.81. The van der Waals surface area contributed by atoms with Crippen molar-refractivity contribution in [3.63, 3.8) is 0 Å². The summed E-state index contributed by atoms with van der Waals surface area (Å²) in [6.07, 6.45) is 6.69. The van der Waals surface area contributed by atoms with Gasteiger partial charge in [0.25, 0.3) is 0 Å². The zero-order chi connectivity index (χ0) is 37.9. The summed E-state index contributed by atoms with van der Waals surface area (Å²) in [4.78, 5) is 72.7. The number of hydrogen-bond acceptors (Lipinski definition) is 9. The summed E-state index contributed by atoms with van der Waals surface area (Å²) in [5, 5.41) is 14.7. The van der Waals surface area contributed by atoms with Crippen molar-refractivity contribution in [2.45, 2.75) is 70.6 Å². The van der Waals surface area contributed by atoms with E-state index >= 15 is 0 Å². The molecule has 1 unspecified atom stereocenters. The zero-order valence-electron chi connectivity index (χ0n) is 30.2. The van der Waals surface area contributed by atoms with Crippen LogP contribution >= 0.6 is 22.7 Å². The fraction of sp³-hybridized carbons (Fsp3) is 0.385. The number of aliphatic hydroxyl groups excluding tert-OH is 1. The van der Waals surface area contributed by atoms with Crippen molar-refractivity contribution in [3.8, 4) is 22.4 Å². The number of fused-ring (bicyclic) bond motifs is 1. The van der Waals surface area contributed by atoms with E-state index in [9.17, 15) is 24.3 Å². The number of hydrogen-bond donors (Lipinski definition) is 5. The van der Waals surface area contributed by atoms with E-state index in [-0.39, 0.29) is 35.7 Å². The molecule has 7 rings (SSSR count). The molecule has 2 saturated heterocycles. The molecule has 0 spiro atoms. The monoisotopic (exact) mass is 766 g/mol. The quantitative estimate of drug-likeness (QED) is 0.127. The molecule has 6 heterocycles. The standard InChI is InChI=1S/C39H42N8O5S2/c1-22(2)34(45-33(50)21-48)38(51)46-15-7-11-28(46)36-40-19-25(43-36)13-14-26-17-31-32(53-26)18-30(54-31)27-20-41-37(44-27)29-12-8-16-47(29)39(52)35(42-23(3)49)24-9-5-4-6-10-24/h4-6,9-10,17-20,22,28-29,34-35,48H,7-8,11-12,15-16,21H2,1-3H3,(H,40,43)(H,41,44)(H,42,49)(H,45,50)/t28-,29?,34-,35+/m0/s1. The molecule has 0 radical (unpaired) electrons. The van der Waals surface area contributed by atoms with Crippen LogP contribution in [0.3, 0.4) is 0 Å². The van der Waals surface area contributed by atoms with Crippen LogP contribution in [0.1, 0.15) is 92.4 Å². The molecule has 4 amide bonds. The highest BCUT2D eigenvalue weighted by Gasteiger charge is 2.38. The van der Waals surface area contributed by atoms with Crippen molar-refractivity contribution in [1.82, 2.24) is 40.4 Å². The van der Waals surface area contributed by atoms with E-state index in [2.05, 4.69) is 49.6 Å². The number of rotatable bonds is 10. The molecule has 2 aliphatic heterocycles. The van der Waals surface area contributed by atoms with Gasteiger partial charge in [-0.25, -0.2) is 9.97 Å². The Morgan fingerprint density at radius 1 is 0.889 bits per heavy atom. The Labute approximate surface area is 320 Å². The van der Waals surface area contributed by atoms with E-state index in [0.717, 1.165) is 61.9 Å². The summed E-state index contributed by atoms with van der Waals surface area (Å²) < 4.78 is 2.21. The maximum Gasteiger partial charge on any atom is 0.250 e. The summed E-state index contributed by atoms with van der Waals surface area (Å²) in [7, 11) is 0. The van der Waals surface area contributed by atoms with E-state index in [4.69, 9.17) is 4.98 Å². The number of nitrogens with one attached hydrogen (secondary N) is 4. The fourth-order valence-corrected chi connectivity index (χ4v) is 9.42. The number of carbonyl (C=O) groups is 4. The van der Waals surface area contributed by atoms with Crippen molar-refractivity contribution in [3.05, 3.63) is 82.6 Å². The van der Waals surface area contributed by atoms with Crippen molar-refractivity contribution in [2.75, 3.05) is 19.7 Å². The van der Waals surface area contributed by atoms with E-state index < -0.39 is 24.6 Å². The van der Waals surface area contributed by atoms with Crippen LogP contribution in [0.25, 0.3) is 20.0 Å². The summed E-state index contributed by atoms with van der Waals surface area (Å²) in [6, 6.07) is 11.6. The van der Waals surface area contributed by atoms with Crippen LogP contribution in [0.2, 0.25) is 0 Å². The van der Waals surface area contributed by atoms with E-state index in [1.807, 2.05) is 55.3 Å². The predicted molar refractivity (Wildman–Crippen MR) is 206 cm³/mol. The van der Waals surface area contributed by atoms with Crippen molar-refractivity contribution < 1.29 is 24.3 Å². The Kier molecular flexibility index (Phi) is 11.0. The van der Waals surface area contributed by atoms with Gasteiger partial charge in [0.1, 0.15) is 36.0 Å². The topological polar surface area (TPSA) is 176 Å². The van der Waals surface area contributed by atoms with Crippen LogP contribution in [0.4, 0.5) is 0 Å². The van der Waals surface area contributed by atoms with Gasteiger partial charge in [-0.3, -0.25) is 19.2 Å². The Balaban J connectivity index is 1.02. The number of aromatic nitrogens is 4. The first-order chi connectivity index (χ1) is 26.1. The van der Waals surface area contributed by atoms with Crippen LogP contribution in [0.5, 0.6) is 0 Å². The van der Waals surface area contributed by atoms with Crippen LogP contribution < -0.4 is 10.6 Å². The molecule has 2 fully saturated rings. The van der Waals surface area contributed by atoms with Crippen LogP contribution in [0, 0.1) is 17.8 Å². The SMILES string of the molecule is CC(=O)N[C@@H](C(=O)N1CCCC1c1ncc(-c2cc3sc(C#Cc4cnc([C@@H]5CCCN5C(=O)[C@@H](NC(=O)CO)C(C)C)[nH]4)cc3s2)[nH]1)c1ccccc1. The van der Waals surface area contributed by atoms with Gasteiger partial charge >= 0.3 is 0 Å². The average molecular weight is 767 g/mol. The third kappa shape index (κ3) is 7.82. The van der Waals surface area contributed by atoms with Crippen LogP contribution in [-0.4, -0.2) is 84.2 Å². The van der Waals surface area contributed by atoms with Gasteiger partial charge < -0.3 is 35.5 Å². The summed E-state index contributed by atoms with van der Waals surface area (Å²) >= 11 is 3.24. The minimum absolute atomic E-state index is 0.141. The minimum atomic E-state index is -0.763. The number of benzene rings is 1. The van der Waals surface area contributed by atoms with Crippen molar-refractivity contribution in [2.24, 2.45) is 5.92 Å². The number of likely N-dealkylation sites (tertiary alicyclic amines) is 2. The first-order valence-corrected chi connectivity index (χ1v) is 19.7. The molecule has 13 nitrogen and oxygen atoms in total. The number of aromatic amines is 2. The number of nitrogens with zero attached hydrogens (tertiary/aromatic N) is 4. The van der Waals surface area contributed by atoms with Gasteiger partial charge in [0, 0.05) is 29.4 Å². The van der Waals surface area contributed by atoms with Crippen LogP contribution in [0.15, 0.2) is 54.9 Å². The van der Waals surface area contributed by atoms with E-state index in [0.29, 0.717) is 24.6 Å². The Bertz CT molecular complexity index is 2200. The molecule has 54 heavy (non-hydrogen) atoms. The number of H-pyrrole nitrogens is 2. The lowest BCUT2D eigenvalue weighted by Gasteiger charge is -2.30. The molecule has 0 saturated carbocycles. The number of aliphatic hydroxyl groups is 1.